The molecule has 3 aromatic rings. The maximum absolute atomic E-state index is 12.1. The number of carbonyl (C=O) groups is 1. The van der Waals surface area contributed by atoms with E-state index >= 15 is 0 Å². The monoisotopic (exact) mass is 420 g/mol. The minimum Gasteiger partial charge on any atom is -0.407 e. The Morgan fingerprint density at radius 1 is 1.25 bits per heavy atom. The molecule has 0 radical (unpaired) electrons. The Morgan fingerprint density at radius 3 is 2.82 bits per heavy atom. The van der Waals surface area contributed by atoms with Crippen LogP contribution < -0.4 is 15.5 Å². The fraction of sp³-hybridized carbons (Fsp3) is 0.350. The molecule has 2 aromatic heterocycles. The number of fused-ring (bicyclic) bond motifs is 2. The van der Waals surface area contributed by atoms with Gasteiger partial charge in [-0.3, -0.25) is 9.81 Å². The molecule has 2 heterocycles. The molecule has 1 amide bonds. The largest absolute Gasteiger partial charge is 0.412 e. The lowest BCUT2D eigenvalue weighted by Crippen LogP contribution is -2.28. The van der Waals surface area contributed by atoms with Gasteiger partial charge in [0.05, 0.1) is 20.9 Å². The summed E-state index contributed by atoms with van der Waals surface area (Å²) < 4.78 is 6.94. The van der Waals surface area contributed by atoms with Gasteiger partial charge in [-0.1, -0.05) is 61.9 Å². The predicted octanol–water partition coefficient (Wildman–Crippen LogP) is 5.33. The zero-order valence-corrected chi connectivity index (χ0v) is 17.1. The Hall–Kier alpha value is -2.31. The molecule has 28 heavy (non-hydrogen) atoms. The van der Waals surface area contributed by atoms with Crippen molar-refractivity contribution in [2.45, 2.75) is 39.0 Å². The first kappa shape index (κ1) is 20.4. The molecule has 0 unspecified atom stereocenters. The number of halogens is 2. The van der Waals surface area contributed by atoms with E-state index in [4.69, 9.17) is 33.3 Å². The van der Waals surface area contributed by atoms with Crippen LogP contribution in [-0.4, -0.2) is 22.0 Å². The molecule has 0 atom stereocenters. The predicted molar refractivity (Wildman–Crippen MR) is 111 cm³/mol. The van der Waals surface area contributed by atoms with Crippen molar-refractivity contribution in [1.29, 1.82) is 5.41 Å². The lowest BCUT2D eigenvalue weighted by Gasteiger charge is -2.12. The molecule has 1 aromatic carbocycles. The van der Waals surface area contributed by atoms with Gasteiger partial charge >= 0.3 is 6.09 Å². The summed E-state index contributed by atoms with van der Waals surface area (Å²) in [6.07, 6.45) is 6.58. The SMILES string of the molecule is CCCCCCCNC(=O)Oc1c(Cl)cc2nc3ccccn3c(=N)c2c1Cl. The number of rotatable bonds is 7. The number of pyridine rings is 1. The third kappa shape index (κ3) is 4.39. The fourth-order valence-electron chi connectivity index (χ4n) is 3.00. The number of hydrogen-bond acceptors (Lipinski definition) is 4. The van der Waals surface area contributed by atoms with Crippen molar-refractivity contribution in [2.24, 2.45) is 0 Å². The minimum absolute atomic E-state index is 0.0329. The molecular weight excluding hydrogens is 399 g/mol. The van der Waals surface area contributed by atoms with Crippen molar-refractivity contribution in [3.63, 3.8) is 0 Å². The van der Waals surface area contributed by atoms with Crippen LogP contribution in [0.4, 0.5) is 4.79 Å². The highest BCUT2D eigenvalue weighted by Gasteiger charge is 2.18. The van der Waals surface area contributed by atoms with Gasteiger partial charge in [-0.2, -0.15) is 0 Å². The third-order valence-corrected chi connectivity index (χ3v) is 5.09. The summed E-state index contributed by atoms with van der Waals surface area (Å²) in [5.41, 5.74) is 1.21. The number of carbonyl (C=O) groups excluding carboxylic acids is 1. The number of amides is 1. The van der Waals surface area contributed by atoms with Crippen LogP contribution >= 0.6 is 23.2 Å². The van der Waals surface area contributed by atoms with Crippen LogP contribution in [0.2, 0.25) is 10.0 Å². The number of nitrogens with zero attached hydrogens (tertiary/aromatic N) is 2. The molecule has 0 aliphatic carbocycles. The average molecular weight is 421 g/mol. The third-order valence-electron chi connectivity index (χ3n) is 4.45. The van der Waals surface area contributed by atoms with Crippen LogP contribution in [-0.2, 0) is 0 Å². The van der Waals surface area contributed by atoms with Crippen LogP contribution in [0, 0.1) is 5.41 Å². The Bertz CT molecular complexity index is 1070. The first-order chi connectivity index (χ1) is 13.5. The maximum Gasteiger partial charge on any atom is 0.412 e. The lowest BCUT2D eigenvalue weighted by molar-refractivity contribution is 0.200. The second-order valence-electron chi connectivity index (χ2n) is 6.52. The summed E-state index contributed by atoms with van der Waals surface area (Å²) >= 11 is 12.7. The van der Waals surface area contributed by atoms with Crippen LogP contribution in [0.3, 0.4) is 0 Å². The summed E-state index contributed by atoms with van der Waals surface area (Å²) in [6.45, 7) is 2.68. The molecule has 0 bridgehead atoms. The zero-order chi connectivity index (χ0) is 20.1. The highest BCUT2D eigenvalue weighted by atomic mass is 35.5. The summed E-state index contributed by atoms with van der Waals surface area (Å²) in [5, 5.41) is 11.8. The standard InChI is InChI=1S/C20H22Cl2N4O2/c1-2-3-4-5-7-10-24-20(27)28-18-13(21)12-14-16(17(18)22)19(23)26-11-8-6-9-15(26)25-14/h6,8-9,11-12,23H,2-5,7,10H2,1H3,(H,24,27). The molecule has 148 valence electrons. The van der Waals surface area contributed by atoms with Crippen molar-refractivity contribution in [2.75, 3.05) is 6.54 Å². The van der Waals surface area contributed by atoms with E-state index in [-0.39, 0.29) is 21.3 Å². The quantitative estimate of drug-likeness (QED) is 0.400. The van der Waals surface area contributed by atoms with E-state index in [9.17, 15) is 4.79 Å². The zero-order valence-electron chi connectivity index (χ0n) is 15.6. The molecule has 0 fully saturated rings. The van der Waals surface area contributed by atoms with E-state index in [0.717, 1.165) is 19.3 Å². The van der Waals surface area contributed by atoms with E-state index in [0.29, 0.717) is 23.1 Å². The van der Waals surface area contributed by atoms with Crippen molar-refractivity contribution < 1.29 is 9.53 Å². The second-order valence-corrected chi connectivity index (χ2v) is 7.30. The Balaban J connectivity index is 1.82. The van der Waals surface area contributed by atoms with Crippen LogP contribution in [0.5, 0.6) is 5.75 Å². The number of hydrogen-bond donors (Lipinski definition) is 2. The Kier molecular flexibility index (Phi) is 6.75. The number of nitrogens with one attached hydrogen (secondary N) is 2. The summed E-state index contributed by atoms with van der Waals surface area (Å²) in [7, 11) is 0. The van der Waals surface area contributed by atoms with Gasteiger partial charge in [0.25, 0.3) is 0 Å². The van der Waals surface area contributed by atoms with Gasteiger partial charge in [0.15, 0.2) is 5.75 Å². The van der Waals surface area contributed by atoms with Gasteiger partial charge < -0.3 is 10.1 Å². The van der Waals surface area contributed by atoms with Crippen molar-refractivity contribution >= 4 is 45.8 Å². The van der Waals surface area contributed by atoms with Crippen LogP contribution in [0.15, 0.2) is 30.5 Å². The summed E-state index contributed by atoms with van der Waals surface area (Å²) in [4.78, 5) is 16.6. The Morgan fingerprint density at radius 2 is 2.04 bits per heavy atom. The molecule has 0 spiro atoms. The highest BCUT2D eigenvalue weighted by Crippen LogP contribution is 2.37. The lowest BCUT2D eigenvalue weighted by atomic mass is 10.1. The second kappa shape index (κ2) is 9.26. The topological polar surface area (TPSA) is 79.5 Å². The molecule has 8 heteroatoms. The van der Waals surface area contributed by atoms with E-state index in [1.165, 1.54) is 12.8 Å². The van der Waals surface area contributed by atoms with Crippen molar-refractivity contribution in [3.8, 4) is 5.75 Å². The molecule has 0 aliphatic heterocycles. The average Bonchev–Trinajstić information content (AvgIpc) is 2.67. The first-order valence-electron chi connectivity index (χ1n) is 9.32. The molecule has 0 saturated heterocycles. The molecule has 0 aliphatic rings. The first-order valence-corrected chi connectivity index (χ1v) is 10.1. The van der Waals surface area contributed by atoms with Crippen molar-refractivity contribution in [1.82, 2.24) is 14.7 Å². The van der Waals surface area contributed by atoms with Crippen molar-refractivity contribution in [3.05, 3.63) is 46.0 Å². The normalized spacial score (nSPS) is 11.1. The molecule has 6 nitrogen and oxygen atoms in total. The van der Waals surface area contributed by atoms with E-state index < -0.39 is 6.09 Å². The van der Waals surface area contributed by atoms with Gasteiger partial charge in [0, 0.05) is 12.7 Å². The van der Waals surface area contributed by atoms with Gasteiger partial charge in [-0.15, -0.1) is 0 Å². The van der Waals surface area contributed by atoms with Crippen LogP contribution in [0.25, 0.3) is 16.6 Å². The smallest absolute Gasteiger partial charge is 0.407 e. The van der Waals surface area contributed by atoms with Gasteiger partial charge in [-0.25, -0.2) is 9.78 Å². The molecular formula is C20H22Cl2N4O2. The van der Waals surface area contributed by atoms with E-state index in [1.54, 1.807) is 28.8 Å². The number of aromatic nitrogens is 2. The minimum atomic E-state index is -0.619. The molecule has 0 saturated carbocycles. The van der Waals surface area contributed by atoms with Gasteiger partial charge in [-0.05, 0) is 24.6 Å². The van der Waals surface area contributed by atoms with Gasteiger partial charge in [0.1, 0.15) is 11.1 Å². The number of unbranched alkanes of at least 4 members (excludes halogenated alkanes) is 4. The number of benzene rings is 1. The molecule has 2 N–H and O–H groups in total. The summed E-state index contributed by atoms with van der Waals surface area (Å²) in [6, 6.07) is 6.98. The Labute approximate surface area is 172 Å². The maximum atomic E-state index is 12.1. The highest BCUT2D eigenvalue weighted by molar-refractivity contribution is 6.41. The summed E-state index contributed by atoms with van der Waals surface area (Å²) in [5.74, 6) is 0.0329. The van der Waals surface area contributed by atoms with Crippen LogP contribution in [0.1, 0.15) is 39.0 Å². The van der Waals surface area contributed by atoms with Gasteiger partial charge in [0.2, 0.25) is 0 Å². The number of ether oxygens (including phenoxy) is 1. The molecule has 3 rings (SSSR count). The van der Waals surface area contributed by atoms with E-state index in [2.05, 4.69) is 17.2 Å². The fourth-order valence-corrected chi connectivity index (χ4v) is 3.61. The van der Waals surface area contributed by atoms with E-state index in [1.807, 2.05) is 6.07 Å².